The lowest BCUT2D eigenvalue weighted by Gasteiger charge is -2.26. The zero-order valence-corrected chi connectivity index (χ0v) is 12.4. The zero-order valence-electron chi connectivity index (χ0n) is 12.4. The number of carboxylic acids is 1. The second-order valence-electron chi connectivity index (χ2n) is 5.36. The van der Waals surface area contributed by atoms with Crippen molar-refractivity contribution in [2.24, 2.45) is 0 Å². The third-order valence-electron chi connectivity index (χ3n) is 4.08. The molecule has 1 aliphatic rings. The van der Waals surface area contributed by atoms with Crippen molar-refractivity contribution in [1.29, 1.82) is 0 Å². The van der Waals surface area contributed by atoms with Crippen LogP contribution in [0.1, 0.15) is 25.8 Å². The number of hydrogen-bond donors (Lipinski definition) is 1. The van der Waals surface area contributed by atoms with Crippen LogP contribution in [0.3, 0.4) is 0 Å². The van der Waals surface area contributed by atoms with Gasteiger partial charge < -0.3 is 14.7 Å². The molecule has 0 spiro atoms. The number of likely N-dealkylation sites (tertiary alicyclic amines) is 1. The first-order valence-electron chi connectivity index (χ1n) is 7.20. The van der Waals surface area contributed by atoms with Gasteiger partial charge in [0.1, 0.15) is 11.5 Å². The molecule has 21 heavy (non-hydrogen) atoms. The Morgan fingerprint density at radius 1 is 1.38 bits per heavy atom. The number of ether oxygens (including phenoxy) is 1. The number of amides is 1. The molecule has 114 valence electrons. The molecule has 0 aliphatic carbocycles. The van der Waals surface area contributed by atoms with E-state index in [1.54, 1.807) is 11.8 Å². The molecule has 1 N–H and O–H groups in total. The minimum absolute atomic E-state index is 0.143. The van der Waals surface area contributed by atoms with Crippen LogP contribution in [0.4, 0.5) is 0 Å². The van der Waals surface area contributed by atoms with Gasteiger partial charge in [-0.05, 0) is 25.8 Å². The predicted molar refractivity (Wildman–Crippen MR) is 78.0 cm³/mol. The highest BCUT2D eigenvalue weighted by Crippen LogP contribution is 2.35. The van der Waals surface area contributed by atoms with Gasteiger partial charge in [-0.2, -0.15) is 0 Å². The first-order chi connectivity index (χ1) is 10.0. The molecule has 1 aromatic carbocycles. The molecule has 1 aromatic rings. The molecule has 1 fully saturated rings. The van der Waals surface area contributed by atoms with Crippen molar-refractivity contribution in [2.75, 3.05) is 19.7 Å². The minimum Gasteiger partial charge on any atom is -0.481 e. The largest absolute Gasteiger partial charge is 0.481 e. The fourth-order valence-electron chi connectivity index (χ4n) is 2.87. The van der Waals surface area contributed by atoms with E-state index in [0.717, 1.165) is 5.56 Å². The van der Waals surface area contributed by atoms with Crippen molar-refractivity contribution in [3.8, 4) is 0 Å². The predicted octanol–water partition coefficient (Wildman–Crippen LogP) is 1.67. The lowest BCUT2D eigenvalue weighted by atomic mass is 9.80. The SMILES string of the molecule is CCOC(C)C(=O)N1CCC(C(=O)O)(c2ccccc2)C1. The van der Waals surface area contributed by atoms with E-state index in [9.17, 15) is 14.7 Å². The summed E-state index contributed by atoms with van der Waals surface area (Å²) in [4.78, 5) is 25.7. The van der Waals surface area contributed by atoms with Gasteiger partial charge >= 0.3 is 5.97 Å². The highest BCUT2D eigenvalue weighted by atomic mass is 16.5. The van der Waals surface area contributed by atoms with Crippen molar-refractivity contribution in [3.05, 3.63) is 35.9 Å². The third kappa shape index (κ3) is 2.93. The molecular formula is C16H21NO4. The molecule has 0 radical (unpaired) electrons. The number of hydrogen-bond acceptors (Lipinski definition) is 3. The Morgan fingerprint density at radius 2 is 2.05 bits per heavy atom. The average Bonchev–Trinajstić information content (AvgIpc) is 2.94. The number of nitrogens with zero attached hydrogens (tertiary/aromatic N) is 1. The number of benzene rings is 1. The van der Waals surface area contributed by atoms with Gasteiger partial charge in [-0.25, -0.2) is 0 Å². The molecule has 0 aromatic heterocycles. The van der Waals surface area contributed by atoms with Gasteiger partial charge in [0.2, 0.25) is 0 Å². The average molecular weight is 291 g/mol. The summed E-state index contributed by atoms with van der Waals surface area (Å²) in [7, 11) is 0. The van der Waals surface area contributed by atoms with Crippen LogP contribution in [0.5, 0.6) is 0 Å². The van der Waals surface area contributed by atoms with Gasteiger partial charge in [0.05, 0.1) is 0 Å². The quantitative estimate of drug-likeness (QED) is 0.896. The summed E-state index contributed by atoms with van der Waals surface area (Å²) in [6, 6.07) is 9.14. The zero-order chi connectivity index (χ0) is 15.5. The van der Waals surface area contributed by atoms with Gasteiger partial charge in [-0.15, -0.1) is 0 Å². The Balaban J connectivity index is 2.21. The van der Waals surface area contributed by atoms with E-state index < -0.39 is 17.5 Å². The Bertz CT molecular complexity index is 516. The molecule has 1 aliphatic heterocycles. The van der Waals surface area contributed by atoms with E-state index in [0.29, 0.717) is 19.6 Å². The topological polar surface area (TPSA) is 66.8 Å². The highest BCUT2D eigenvalue weighted by Gasteiger charge is 2.48. The number of carbonyl (C=O) groups is 2. The van der Waals surface area contributed by atoms with Crippen molar-refractivity contribution >= 4 is 11.9 Å². The van der Waals surface area contributed by atoms with E-state index in [-0.39, 0.29) is 12.5 Å². The maximum atomic E-state index is 12.3. The molecular weight excluding hydrogens is 270 g/mol. The summed E-state index contributed by atoms with van der Waals surface area (Å²) >= 11 is 0. The molecule has 2 atom stereocenters. The number of aliphatic carboxylic acids is 1. The summed E-state index contributed by atoms with van der Waals surface area (Å²) in [5.41, 5.74) is -0.264. The number of carboxylic acid groups (broad SMARTS) is 1. The maximum Gasteiger partial charge on any atom is 0.316 e. The monoisotopic (exact) mass is 291 g/mol. The summed E-state index contributed by atoms with van der Waals surface area (Å²) in [6.45, 7) is 4.64. The van der Waals surface area contributed by atoms with Crippen molar-refractivity contribution in [3.63, 3.8) is 0 Å². The number of carbonyl (C=O) groups excluding carboxylic acids is 1. The molecule has 2 unspecified atom stereocenters. The third-order valence-corrected chi connectivity index (χ3v) is 4.08. The van der Waals surface area contributed by atoms with Crippen LogP contribution in [0.15, 0.2) is 30.3 Å². The first-order valence-corrected chi connectivity index (χ1v) is 7.20. The summed E-state index contributed by atoms with van der Waals surface area (Å²) < 4.78 is 5.31. The van der Waals surface area contributed by atoms with Gasteiger partial charge in [-0.1, -0.05) is 30.3 Å². The summed E-state index contributed by atoms with van der Waals surface area (Å²) in [5, 5.41) is 9.69. The smallest absolute Gasteiger partial charge is 0.316 e. The summed E-state index contributed by atoms with van der Waals surface area (Å²) in [5.74, 6) is -1.02. The van der Waals surface area contributed by atoms with Crippen molar-refractivity contribution in [1.82, 2.24) is 4.90 Å². The van der Waals surface area contributed by atoms with Crippen LogP contribution >= 0.6 is 0 Å². The first kappa shape index (κ1) is 15.5. The molecule has 0 bridgehead atoms. The van der Waals surface area contributed by atoms with Gasteiger partial charge in [-0.3, -0.25) is 9.59 Å². The van der Waals surface area contributed by atoms with E-state index in [1.165, 1.54) is 0 Å². The Morgan fingerprint density at radius 3 is 2.62 bits per heavy atom. The summed E-state index contributed by atoms with van der Waals surface area (Å²) in [6.07, 6.45) is -0.105. The second kappa shape index (κ2) is 6.26. The minimum atomic E-state index is -1.01. The van der Waals surface area contributed by atoms with Gasteiger partial charge in [0.25, 0.3) is 5.91 Å². The molecule has 5 nitrogen and oxygen atoms in total. The standard InChI is InChI=1S/C16H21NO4/c1-3-21-12(2)14(18)17-10-9-16(11-17,15(19)20)13-7-5-4-6-8-13/h4-8,12H,3,9-11H2,1-2H3,(H,19,20). The van der Waals surface area contributed by atoms with E-state index in [4.69, 9.17) is 4.74 Å². The van der Waals surface area contributed by atoms with Crippen LogP contribution < -0.4 is 0 Å². The van der Waals surface area contributed by atoms with Gasteiger partial charge in [0, 0.05) is 19.7 Å². The van der Waals surface area contributed by atoms with E-state index in [2.05, 4.69) is 0 Å². The normalized spacial score (nSPS) is 23.0. The Hall–Kier alpha value is -1.88. The molecule has 1 heterocycles. The molecule has 5 heteroatoms. The Labute approximate surface area is 124 Å². The fraction of sp³-hybridized carbons (Fsp3) is 0.500. The van der Waals surface area contributed by atoms with Crippen molar-refractivity contribution in [2.45, 2.75) is 31.8 Å². The molecule has 1 saturated heterocycles. The second-order valence-corrected chi connectivity index (χ2v) is 5.36. The van der Waals surface area contributed by atoms with Crippen LogP contribution in [0.25, 0.3) is 0 Å². The lowest BCUT2D eigenvalue weighted by Crippen LogP contribution is -2.43. The maximum absolute atomic E-state index is 12.3. The Kier molecular flexibility index (Phi) is 4.63. The fourth-order valence-corrected chi connectivity index (χ4v) is 2.87. The van der Waals surface area contributed by atoms with Crippen LogP contribution in [0.2, 0.25) is 0 Å². The van der Waals surface area contributed by atoms with E-state index >= 15 is 0 Å². The van der Waals surface area contributed by atoms with Crippen LogP contribution in [0, 0.1) is 0 Å². The molecule has 0 saturated carbocycles. The highest BCUT2D eigenvalue weighted by molar-refractivity contribution is 5.86. The van der Waals surface area contributed by atoms with E-state index in [1.807, 2.05) is 37.3 Å². The van der Waals surface area contributed by atoms with Crippen LogP contribution in [-0.2, 0) is 19.7 Å². The number of rotatable bonds is 5. The molecule has 2 rings (SSSR count). The van der Waals surface area contributed by atoms with Gasteiger partial charge in [0.15, 0.2) is 0 Å². The lowest BCUT2D eigenvalue weighted by molar-refractivity contribution is -0.145. The van der Waals surface area contributed by atoms with Crippen LogP contribution in [-0.4, -0.2) is 47.7 Å². The molecule has 1 amide bonds. The van der Waals surface area contributed by atoms with Crippen molar-refractivity contribution < 1.29 is 19.4 Å².